The molecule has 86 valence electrons. The first-order valence-electron chi connectivity index (χ1n) is 6.71. The molecule has 2 saturated carbocycles. The van der Waals surface area contributed by atoms with E-state index in [0.29, 0.717) is 12.1 Å². The molecule has 0 aromatic heterocycles. The monoisotopic (exact) mass is 208 g/mol. The van der Waals surface area contributed by atoms with Crippen LogP contribution in [-0.2, 0) is 0 Å². The lowest BCUT2D eigenvalue weighted by Gasteiger charge is -2.26. The van der Waals surface area contributed by atoms with Crippen LogP contribution in [0.4, 0.5) is 0 Å². The highest BCUT2D eigenvalue weighted by Gasteiger charge is 2.15. The molecule has 2 N–H and O–H groups in total. The highest BCUT2D eigenvalue weighted by molar-refractivity contribution is 4.79. The van der Waals surface area contributed by atoms with Gasteiger partial charge in [0.2, 0.25) is 0 Å². The predicted octanol–water partition coefficient (Wildman–Crippen LogP) is 2.83. The Labute approximate surface area is 94.2 Å². The van der Waals surface area contributed by atoms with Crippen LogP contribution in [0, 0.1) is 6.67 Å². The Morgan fingerprint density at radius 2 is 1.00 bits per heavy atom. The maximum atomic E-state index is 3.41. The molecule has 0 aromatic carbocycles. The average molecular weight is 208 g/mol. The molecule has 0 unspecified atom stereocenters. The van der Waals surface area contributed by atoms with Crippen LogP contribution in [-0.4, -0.2) is 12.1 Å². The van der Waals surface area contributed by atoms with Gasteiger partial charge in [-0.15, -0.1) is 0 Å². The molecule has 2 nitrogen and oxygen atoms in total. The fourth-order valence-electron chi connectivity index (χ4n) is 2.74. The third kappa shape index (κ3) is 4.12. The fraction of sp³-hybridized carbons (Fsp3) is 0.923. The Kier molecular flexibility index (Phi) is 4.94. The second kappa shape index (κ2) is 6.49. The van der Waals surface area contributed by atoms with E-state index in [9.17, 15) is 0 Å². The van der Waals surface area contributed by atoms with E-state index in [0.717, 1.165) is 0 Å². The lowest BCUT2D eigenvalue weighted by Crippen LogP contribution is -2.38. The van der Waals surface area contributed by atoms with Crippen LogP contribution in [0.15, 0.2) is 0 Å². The topological polar surface area (TPSA) is 24.1 Å². The molecular weight excluding hydrogens is 184 g/mol. The zero-order chi connectivity index (χ0) is 10.3. The summed E-state index contributed by atoms with van der Waals surface area (Å²) in [6.07, 6.45) is 13.7. The SMILES string of the molecule is [C](NC1CCCCC1)NC1CCCCC1. The fourth-order valence-corrected chi connectivity index (χ4v) is 2.74. The molecule has 0 aromatic rings. The first-order chi connectivity index (χ1) is 7.45. The van der Waals surface area contributed by atoms with Crippen LogP contribution in [0.3, 0.4) is 0 Å². The average Bonchev–Trinajstić information content (AvgIpc) is 2.32. The van der Waals surface area contributed by atoms with E-state index in [1.807, 2.05) is 0 Å². The van der Waals surface area contributed by atoms with E-state index >= 15 is 0 Å². The summed E-state index contributed by atoms with van der Waals surface area (Å²) in [5.41, 5.74) is 0. The van der Waals surface area contributed by atoms with Gasteiger partial charge in [-0.1, -0.05) is 38.5 Å². The Bertz CT molecular complexity index is 140. The molecule has 2 radical (unpaired) electrons. The van der Waals surface area contributed by atoms with E-state index in [-0.39, 0.29) is 0 Å². The number of hydrogen-bond donors (Lipinski definition) is 2. The highest BCUT2D eigenvalue weighted by atomic mass is 15.1. The van der Waals surface area contributed by atoms with Crippen LogP contribution in [0.5, 0.6) is 0 Å². The Balaban J connectivity index is 1.53. The minimum Gasteiger partial charge on any atom is -0.291 e. The van der Waals surface area contributed by atoms with Crippen molar-refractivity contribution in [1.29, 1.82) is 0 Å². The Morgan fingerprint density at radius 1 is 0.600 bits per heavy atom. The first-order valence-corrected chi connectivity index (χ1v) is 6.71. The molecule has 15 heavy (non-hydrogen) atoms. The molecule has 0 heterocycles. The molecule has 0 bridgehead atoms. The Morgan fingerprint density at radius 3 is 1.40 bits per heavy atom. The van der Waals surface area contributed by atoms with Gasteiger partial charge in [-0.25, -0.2) is 0 Å². The quantitative estimate of drug-likeness (QED) is 0.694. The molecule has 0 atom stereocenters. The summed E-state index contributed by atoms with van der Waals surface area (Å²) in [6, 6.07) is 1.38. The van der Waals surface area contributed by atoms with Crippen LogP contribution < -0.4 is 10.6 Å². The maximum absolute atomic E-state index is 3.41. The Hall–Kier alpha value is -0.0800. The summed E-state index contributed by atoms with van der Waals surface area (Å²) in [5.74, 6) is 0. The molecule has 0 amide bonds. The van der Waals surface area contributed by atoms with Crippen molar-refractivity contribution in [2.45, 2.75) is 76.3 Å². The van der Waals surface area contributed by atoms with Gasteiger partial charge in [0.15, 0.2) is 0 Å². The zero-order valence-electron chi connectivity index (χ0n) is 9.73. The molecule has 2 heteroatoms. The normalized spacial score (nSPS) is 25.6. The molecule has 2 aliphatic rings. The van der Waals surface area contributed by atoms with Crippen molar-refractivity contribution in [3.63, 3.8) is 0 Å². The van der Waals surface area contributed by atoms with E-state index in [2.05, 4.69) is 17.3 Å². The smallest absolute Gasteiger partial charge is 0.141 e. The van der Waals surface area contributed by atoms with Crippen molar-refractivity contribution in [3.05, 3.63) is 6.67 Å². The minimum atomic E-state index is 0.690. The lowest BCUT2D eigenvalue weighted by molar-refractivity contribution is 0.351. The van der Waals surface area contributed by atoms with Crippen molar-refractivity contribution in [3.8, 4) is 0 Å². The van der Waals surface area contributed by atoms with Gasteiger partial charge >= 0.3 is 0 Å². The van der Waals surface area contributed by atoms with Crippen molar-refractivity contribution in [2.24, 2.45) is 0 Å². The van der Waals surface area contributed by atoms with Gasteiger partial charge in [-0.3, -0.25) is 10.6 Å². The van der Waals surface area contributed by atoms with Gasteiger partial charge in [0.05, 0.1) is 0 Å². The van der Waals surface area contributed by atoms with Gasteiger partial charge in [0, 0.05) is 12.1 Å². The third-order valence-corrected chi connectivity index (χ3v) is 3.76. The molecule has 0 saturated heterocycles. The zero-order valence-corrected chi connectivity index (χ0v) is 9.73. The van der Waals surface area contributed by atoms with Gasteiger partial charge in [-0.2, -0.15) is 0 Å². The molecular formula is C13H24N2. The van der Waals surface area contributed by atoms with Crippen molar-refractivity contribution in [1.82, 2.24) is 10.6 Å². The number of rotatable bonds is 4. The summed E-state index contributed by atoms with van der Waals surface area (Å²) >= 11 is 0. The van der Waals surface area contributed by atoms with E-state index in [4.69, 9.17) is 0 Å². The molecule has 2 aliphatic carbocycles. The van der Waals surface area contributed by atoms with E-state index in [1.54, 1.807) is 0 Å². The second-order valence-electron chi connectivity index (χ2n) is 5.08. The minimum absolute atomic E-state index is 0.690. The number of hydrogen-bond acceptors (Lipinski definition) is 2. The largest absolute Gasteiger partial charge is 0.291 e. The van der Waals surface area contributed by atoms with Gasteiger partial charge in [0.1, 0.15) is 6.67 Å². The van der Waals surface area contributed by atoms with E-state index in [1.165, 1.54) is 64.2 Å². The molecule has 0 spiro atoms. The van der Waals surface area contributed by atoms with Crippen LogP contribution in [0.1, 0.15) is 64.2 Å². The highest BCUT2D eigenvalue weighted by Crippen LogP contribution is 2.19. The van der Waals surface area contributed by atoms with Crippen LogP contribution in [0.25, 0.3) is 0 Å². The summed E-state index contributed by atoms with van der Waals surface area (Å²) in [4.78, 5) is 0. The van der Waals surface area contributed by atoms with Gasteiger partial charge < -0.3 is 0 Å². The first kappa shape index (κ1) is 11.4. The van der Waals surface area contributed by atoms with E-state index < -0.39 is 0 Å². The number of nitrogens with one attached hydrogen (secondary N) is 2. The summed E-state index contributed by atoms with van der Waals surface area (Å²) < 4.78 is 0. The van der Waals surface area contributed by atoms with Crippen LogP contribution in [0.2, 0.25) is 0 Å². The van der Waals surface area contributed by atoms with Crippen molar-refractivity contribution >= 4 is 0 Å². The molecule has 2 fully saturated rings. The summed E-state index contributed by atoms with van der Waals surface area (Å²) in [5, 5.41) is 6.82. The predicted molar refractivity (Wildman–Crippen MR) is 63.3 cm³/mol. The third-order valence-electron chi connectivity index (χ3n) is 3.76. The lowest BCUT2D eigenvalue weighted by atomic mass is 9.95. The summed E-state index contributed by atoms with van der Waals surface area (Å²) in [7, 11) is 0. The van der Waals surface area contributed by atoms with Crippen molar-refractivity contribution in [2.75, 3.05) is 0 Å². The maximum Gasteiger partial charge on any atom is 0.141 e. The summed E-state index contributed by atoms with van der Waals surface area (Å²) in [6.45, 7) is 3.22. The van der Waals surface area contributed by atoms with Gasteiger partial charge in [0.25, 0.3) is 0 Å². The second-order valence-corrected chi connectivity index (χ2v) is 5.08. The van der Waals surface area contributed by atoms with Crippen molar-refractivity contribution < 1.29 is 0 Å². The molecule has 0 aliphatic heterocycles. The van der Waals surface area contributed by atoms with Crippen LogP contribution >= 0.6 is 0 Å². The molecule has 2 rings (SSSR count). The van der Waals surface area contributed by atoms with Gasteiger partial charge in [-0.05, 0) is 25.7 Å². The standard InChI is InChI=1S/C13H24N2/c1-3-7-12(8-4-1)14-11-15-13-9-5-2-6-10-13/h12-15H,1-10H2.